The Morgan fingerprint density at radius 1 is 1.21 bits per heavy atom. The molecule has 4 heteroatoms. The first-order chi connectivity index (χ1) is 6.77. The molecule has 1 aromatic carbocycles. The SMILES string of the molecule is Cc1nnc(Cc2ccccc2)n1N. The molecule has 0 spiro atoms. The first-order valence-corrected chi connectivity index (χ1v) is 4.47. The Morgan fingerprint density at radius 2 is 1.93 bits per heavy atom. The summed E-state index contributed by atoms with van der Waals surface area (Å²) in [5, 5.41) is 7.90. The average molecular weight is 188 g/mol. The fourth-order valence-corrected chi connectivity index (χ4v) is 1.31. The molecule has 0 amide bonds. The third-order valence-electron chi connectivity index (χ3n) is 2.14. The largest absolute Gasteiger partial charge is 0.336 e. The predicted octanol–water partition coefficient (Wildman–Crippen LogP) is 0.891. The van der Waals surface area contributed by atoms with Gasteiger partial charge in [-0.05, 0) is 12.5 Å². The second-order valence-electron chi connectivity index (χ2n) is 3.20. The molecule has 1 heterocycles. The Kier molecular flexibility index (Phi) is 2.18. The fraction of sp³-hybridized carbons (Fsp3) is 0.200. The highest BCUT2D eigenvalue weighted by Crippen LogP contribution is 2.05. The Bertz CT molecular complexity index is 419. The van der Waals surface area contributed by atoms with Gasteiger partial charge < -0.3 is 5.84 Å². The minimum Gasteiger partial charge on any atom is -0.336 e. The van der Waals surface area contributed by atoms with Crippen LogP contribution < -0.4 is 5.84 Å². The molecule has 0 fully saturated rings. The van der Waals surface area contributed by atoms with Gasteiger partial charge in [-0.15, -0.1) is 10.2 Å². The van der Waals surface area contributed by atoms with E-state index in [4.69, 9.17) is 5.84 Å². The maximum atomic E-state index is 5.74. The Balaban J connectivity index is 2.23. The molecular formula is C10H12N4. The van der Waals surface area contributed by atoms with Crippen molar-refractivity contribution in [2.75, 3.05) is 5.84 Å². The van der Waals surface area contributed by atoms with E-state index in [1.54, 1.807) is 0 Å². The summed E-state index contributed by atoms with van der Waals surface area (Å²) in [7, 11) is 0. The molecule has 0 bridgehead atoms. The zero-order valence-electron chi connectivity index (χ0n) is 8.01. The van der Waals surface area contributed by atoms with Crippen LogP contribution in [0.3, 0.4) is 0 Å². The lowest BCUT2D eigenvalue weighted by molar-refractivity contribution is 0.853. The molecule has 0 radical (unpaired) electrons. The fourth-order valence-electron chi connectivity index (χ4n) is 1.31. The second kappa shape index (κ2) is 3.49. The van der Waals surface area contributed by atoms with Crippen LogP contribution in [0.5, 0.6) is 0 Å². The van der Waals surface area contributed by atoms with E-state index in [2.05, 4.69) is 10.2 Å². The monoisotopic (exact) mass is 188 g/mol. The molecule has 0 saturated heterocycles. The van der Waals surface area contributed by atoms with Gasteiger partial charge in [-0.2, -0.15) is 0 Å². The maximum Gasteiger partial charge on any atom is 0.156 e. The van der Waals surface area contributed by atoms with Crippen LogP contribution in [-0.4, -0.2) is 14.9 Å². The van der Waals surface area contributed by atoms with Crippen molar-refractivity contribution >= 4 is 0 Å². The molecule has 0 aliphatic carbocycles. The molecule has 0 aliphatic heterocycles. The van der Waals surface area contributed by atoms with Crippen molar-refractivity contribution in [1.82, 2.24) is 14.9 Å². The first-order valence-electron chi connectivity index (χ1n) is 4.47. The van der Waals surface area contributed by atoms with Gasteiger partial charge in [0.25, 0.3) is 0 Å². The number of aryl methyl sites for hydroxylation is 1. The van der Waals surface area contributed by atoms with Gasteiger partial charge in [0.05, 0.1) is 0 Å². The smallest absolute Gasteiger partial charge is 0.156 e. The minimum atomic E-state index is 0.720. The summed E-state index contributed by atoms with van der Waals surface area (Å²) in [5.74, 6) is 7.26. The topological polar surface area (TPSA) is 56.7 Å². The molecule has 0 atom stereocenters. The predicted molar refractivity (Wildman–Crippen MR) is 54.2 cm³/mol. The summed E-state index contributed by atoms with van der Waals surface area (Å²) in [6.07, 6.45) is 0.720. The maximum absolute atomic E-state index is 5.74. The van der Waals surface area contributed by atoms with Crippen LogP contribution in [-0.2, 0) is 6.42 Å². The van der Waals surface area contributed by atoms with E-state index in [1.165, 1.54) is 10.2 Å². The van der Waals surface area contributed by atoms with Gasteiger partial charge in [0, 0.05) is 6.42 Å². The minimum absolute atomic E-state index is 0.720. The standard InChI is InChI=1S/C10H12N4/c1-8-12-13-10(14(8)11)7-9-5-3-2-4-6-9/h2-6H,7,11H2,1H3. The van der Waals surface area contributed by atoms with E-state index < -0.39 is 0 Å². The van der Waals surface area contributed by atoms with Crippen molar-refractivity contribution in [1.29, 1.82) is 0 Å². The molecule has 4 nitrogen and oxygen atoms in total. The molecule has 2 N–H and O–H groups in total. The lowest BCUT2D eigenvalue weighted by Gasteiger charge is -2.00. The summed E-state index contributed by atoms with van der Waals surface area (Å²) in [5.41, 5.74) is 1.19. The number of nitrogen functional groups attached to an aromatic ring is 1. The highest BCUT2D eigenvalue weighted by molar-refractivity contribution is 5.19. The van der Waals surface area contributed by atoms with Gasteiger partial charge in [-0.1, -0.05) is 30.3 Å². The number of hydrogen-bond acceptors (Lipinski definition) is 3. The van der Waals surface area contributed by atoms with Gasteiger partial charge in [-0.25, -0.2) is 4.68 Å². The Morgan fingerprint density at radius 3 is 2.50 bits per heavy atom. The van der Waals surface area contributed by atoms with Crippen molar-refractivity contribution in [3.63, 3.8) is 0 Å². The molecule has 1 aromatic heterocycles. The van der Waals surface area contributed by atoms with Gasteiger partial charge >= 0.3 is 0 Å². The molecule has 72 valence electrons. The summed E-state index contributed by atoms with van der Waals surface area (Å²) in [6, 6.07) is 10.1. The average Bonchev–Trinajstić information content (AvgIpc) is 2.52. The summed E-state index contributed by atoms with van der Waals surface area (Å²) in [4.78, 5) is 0. The molecule has 0 unspecified atom stereocenters. The van der Waals surface area contributed by atoms with E-state index in [-0.39, 0.29) is 0 Å². The third kappa shape index (κ3) is 1.59. The lowest BCUT2D eigenvalue weighted by Crippen LogP contribution is -2.14. The van der Waals surface area contributed by atoms with Crippen LogP contribution in [0.1, 0.15) is 17.2 Å². The van der Waals surface area contributed by atoms with Crippen LogP contribution in [0.4, 0.5) is 0 Å². The number of hydrogen-bond donors (Lipinski definition) is 1. The zero-order valence-corrected chi connectivity index (χ0v) is 8.01. The van der Waals surface area contributed by atoms with E-state index in [1.807, 2.05) is 37.3 Å². The number of rotatable bonds is 2. The van der Waals surface area contributed by atoms with E-state index in [0.717, 1.165) is 18.1 Å². The Hall–Kier alpha value is -1.84. The van der Waals surface area contributed by atoms with Crippen LogP contribution in [0.2, 0.25) is 0 Å². The third-order valence-corrected chi connectivity index (χ3v) is 2.14. The first kappa shape index (κ1) is 8.74. The van der Waals surface area contributed by atoms with Crippen molar-refractivity contribution in [3.8, 4) is 0 Å². The van der Waals surface area contributed by atoms with Crippen molar-refractivity contribution in [2.45, 2.75) is 13.3 Å². The number of nitrogens with two attached hydrogens (primary N) is 1. The van der Waals surface area contributed by atoms with Crippen LogP contribution in [0.25, 0.3) is 0 Å². The van der Waals surface area contributed by atoms with Crippen molar-refractivity contribution in [3.05, 3.63) is 47.5 Å². The number of benzene rings is 1. The molecule has 2 aromatic rings. The summed E-state index contributed by atoms with van der Waals surface area (Å²) < 4.78 is 1.52. The normalized spacial score (nSPS) is 10.4. The number of aromatic nitrogens is 3. The molecular weight excluding hydrogens is 176 g/mol. The lowest BCUT2D eigenvalue weighted by atomic mass is 10.1. The number of nitrogens with zero attached hydrogens (tertiary/aromatic N) is 3. The van der Waals surface area contributed by atoms with Gasteiger partial charge in [-0.3, -0.25) is 0 Å². The van der Waals surface area contributed by atoms with Crippen molar-refractivity contribution in [2.24, 2.45) is 0 Å². The van der Waals surface area contributed by atoms with E-state index in [0.29, 0.717) is 0 Å². The van der Waals surface area contributed by atoms with Crippen LogP contribution in [0.15, 0.2) is 30.3 Å². The van der Waals surface area contributed by atoms with Crippen molar-refractivity contribution < 1.29 is 0 Å². The highest BCUT2D eigenvalue weighted by atomic mass is 15.4. The van der Waals surface area contributed by atoms with Crippen LogP contribution >= 0.6 is 0 Å². The molecule has 2 rings (SSSR count). The van der Waals surface area contributed by atoms with E-state index >= 15 is 0 Å². The molecule has 0 aliphatic rings. The summed E-state index contributed by atoms with van der Waals surface area (Å²) >= 11 is 0. The zero-order chi connectivity index (χ0) is 9.97. The quantitative estimate of drug-likeness (QED) is 0.712. The van der Waals surface area contributed by atoms with Crippen LogP contribution in [0, 0.1) is 6.92 Å². The molecule has 0 saturated carbocycles. The molecule has 14 heavy (non-hydrogen) atoms. The van der Waals surface area contributed by atoms with Gasteiger partial charge in [0.1, 0.15) is 5.82 Å². The van der Waals surface area contributed by atoms with Gasteiger partial charge in [0.2, 0.25) is 0 Å². The summed E-state index contributed by atoms with van der Waals surface area (Å²) in [6.45, 7) is 1.83. The van der Waals surface area contributed by atoms with E-state index in [9.17, 15) is 0 Å². The van der Waals surface area contributed by atoms with Gasteiger partial charge in [0.15, 0.2) is 5.82 Å². The Labute approximate surface area is 82.4 Å². The highest BCUT2D eigenvalue weighted by Gasteiger charge is 2.05. The second-order valence-corrected chi connectivity index (χ2v) is 3.20.